The molecule has 0 aliphatic heterocycles. The molecule has 6 N–H and O–H groups in total. The highest BCUT2D eigenvalue weighted by atomic mass is 16.4. The molecule has 0 aliphatic rings. The number of anilines is 1. The summed E-state index contributed by atoms with van der Waals surface area (Å²) >= 11 is 0. The van der Waals surface area contributed by atoms with Gasteiger partial charge in [0, 0.05) is 6.20 Å². The summed E-state index contributed by atoms with van der Waals surface area (Å²) in [5.41, 5.74) is 9.40. The third-order valence-corrected chi connectivity index (χ3v) is 1.03. The first-order valence-electron chi connectivity index (χ1n) is 3.36. The van der Waals surface area contributed by atoms with Crippen molar-refractivity contribution in [2.75, 3.05) is 5.73 Å². The lowest BCUT2D eigenvalue weighted by molar-refractivity contribution is 0.0696. The summed E-state index contributed by atoms with van der Waals surface area (Å²) in [6.45, 7) is 0. The maximum absolute atomic E-state index is 10.2. The second kappa shape index (κ2) is 5.36. The van der Waals surface area contributed by atoms with Gasteiger partial charge in [0.2, 0.25) is 0 Å². The molecule has 1 aromatic rings. The number of rotatable bonds is 1. The van der Waals surface area contributed by atoms with Crippen LogP contribution in [0.25, 0.3) is 0 Å². The van der Waals surface area contributed by atoms with Crippen LogP contribution >= 0.6 is 0 Å². The number of aromatic nitrogens is 1. The van der Waals surface area contributed by atoms with Gasteiger partial charge in [0.25, 0.3) is 0 Å². The number of hydrogen-bond acceptors (Lipinski definition) is 4. The molecule has 0 aliphatic carbocycles. The van der Waals surface area contributed by atoms with Crippen molar-refractivity contribution >= 4 is 17.9 Å². The molecule has 1 amide bonds. The fourth-order valence-corrected chi connectivity index (χ4v) is 0.532. The lowest BCUT2D eigenvalue weighted by atomic mass is 10.3. The fourth-order valence-electron chi connectivity index (χ4n) is 0.532. The van der Waals surface area contributed by atoms with E-state index in [0.717, 1.165) is 0 Å². The van der Waals surface area contributed by atoms with E-state index in [1.54, 1.807) is 0 Å². The van der Waals surface area contributed by atoms with Crippen molar-refractivity contribution in [3.8, 4) is 0 Å². The Morgan fingerprint density at radius 3 is 2.07 bits per heavy atom. The molecule has 0 fully saturated rings. The number of pyridine rings is 1. The standard InChI is InChI=1S/C6H6N2O2.CH3NO2/c7-5-2-1-4(3-8-5)6(9)10;2-1(3)4/h1-3H,(H2,7,8)(H,9,10);2H2,(H,3,4). The van der Waals surface area contributed by atoms with Gasteiger partial charge < -0.3 is 21.7 Å². The average molecular weight is 199 g/mol. The molecule has 0 bridgehead atoms. The molecule has 1 rings (SSSR count). The van der Waals surface area contributed by atoms with Crippen LogP contribution in [0.3, 0.4) is 0 Å². The summed E-state index contributed by atoms with van der Waals surface area (Å²) in [5.74, 6) is -0.669. The summed E-state index contributed by atoms with van der Waals surface area (Å²) in [6, 6.07) is 2.86. The molecule has 76 valence electrons. The van der Waals surface area contributed by atoms with Gasteiger partial charge in [-0.15, -0.1) is 0 Å². The molecule has 1 aromatic heterocycles. The Bertz CT molecular complexity index is 318. The number of carbonyl (C=O) groups is 2. The smallest absolute Gasteiger partial charge is 0.402 e. The number of nitrogens with zero attached hydrogens (tertiary/aromatic N) is 1. The van der Waals surface area contributed by atoms with Crippen molar-refractivity contribution < 1.29 is 19.8 Å². The van der Waals surface area contributed by atoms with E-state index in [4.69, 9.17) is 20.7 Å². The van der Waals surface area contributed by atoms with Gasteiger partial charge in [-0.05, 0) is 12.1 Å². The van der Waals surface area contributed by atoms with Crippen LogP contribution < -0.4 is 11.5 Å². The number of nitrogen functional groups attached to an aromatic ring is 1. The maximum Gasteiger partial charge on any atom is 0.402 e. The van der Waals surface area contributed by atoms with Crippen LogP contribution in [-0.2, 0) is 0 Å². The molecule has 0 radical (unpaired) electrons. The van der Waals surface area contributed by atoms with E-state index in [2.05, 4.69) is 10.7 Å². The molecule has 0 unspecified atom stereocenters. The molecular formula is C7H9N3O4. The first kappa shape index (κ1) is 11.7. The third kappa shape index (κ3) is 5.35. The van der Waals surface area contributed by atoms with Crippen molar-refractivity contribution in [3.63, 3.8) is 0 Å². The molecule has 0 spiro atoms. The first-order chi connectivity index (χ1) is 6.43. The van der Waals surface area contributed by atoms with Gasteiger partial charge in [-0.25, -0.2) is 14.6 Å². The molecule has 7 heteroatoms. The Labute approximate surface area is 79.0 Å². The third-order valence-electron chi connectivity index (χ3n) is 1.03. The van der Waals surface area contributed by atoms with Gasteiger partial charge in [-0.1, -0.05) is 0 Å². The minimum atomic E-state index is -1.33. The number of carboxylic acid groups (broad SMARTS) is 2. The summed E-state index contributed by atoms with van der Waals surface area (Å²) in [4.78, 5) is 22.6. The average Bonchev–Trinajstić information content (AvgIpc) is 2.03. The second-order valence-corrected chi connectivity index (χ2v) is 2.12. The van der Waals surface area contributed by atoms with E-state index in [0.29, 0.717) is 5.82 Å². The minimum Gasteiger partial charge on any atom is -0.478 e. The van der Waals surface area contributed by atoms with Gasteiger partial charge >= 0.3 is 12.1 Å². The van der Waals surface area contributed by atoms with E-state index in [9.17, 15) is 4.79 Å². The zero-order valence-corrected chi connectivity index (χ0v) is 7.04. The molecule has 14 heavy (non-hydrogen) atoms. The highest BCUT2D eigenvalue weighted by molar-refractivity contribution is 5.87. The van der Waals surface area contributed by atoms with Crippen LogP contribution in [0.1, 0.15) is 10.4 Å². The largest absolute Gasteiger partial charge is 0.478 e. The molecule has 0 saturated carbocycles. The highest BCUT2D eigenvalue weighted by Crippen LogP contribution is 1.99. The fraction of sp³-hybridized carbons (Fsp3) is 0. The molecular weight excluding hydrogens is 190 g/mol. The van der Waals surface area contributed by atoms with E-state index in [-0.39, 0.29) is 5.56 Å². The summed E-state index contributed by atoms with van der Waals surface area (Å²) in [7, 11) is 0. The lowest BCUT2D eigenvalue weighted by Crippen LogP contribution is -2.03. The number of hydrogen-bond donors (Lipinski definition) is 4. The Hall–Kier alpha value is -2.31. The van der Waals surface area contributed by atoms with Gasteiger partial charge in [-0.3, -0.25) is 0 Å². The first-order valence-corrected chi connectivity index (χ1v) is 3.36. The monoisotopic (exact) mass is 199 g/mol. The van der Waals surface area contributed by atoms with Crippen molar-refractivity contribution in [3.05, 3.63) is 23.9 Å². The van der Waals surface area contributed by atoms with Crippen LogP contribution in [0.2, 0.25) is 0 Å². The van der Waals surface area contributed by atoms with E-state index >= 15 is 0 Å². The van der Waals surface area contributed by atoms with Crippen molar-refractivity contribution in [1.82, 2.24) is 4.98 Å². The quantitative estimate of drug-likeness (QED) is 0.501. The predicted octanol–water partition coefficient (Wildman–Crippen LogP) is -0.0149. The second-order valence-electron chi connectivity index (χ2n) is 2.12. The van der Waals surface area contributed by atoms with E-state index in [1.165, 1.54) is 18.3 Å². The zero-order valence-electron chi connectivity index (χ0n) is 7.04. The zero-order chi connectivity index (χ0) is 11.1. The van der Waals surface area contributed by atoms with Crippen LogP contribution in [0, 0.1) is 0 Å². The highest BCUT2D eigenvalue weighted by Gasteiger charge is 1.99. The van der Waals surface area contributed by atoms with Gasteiger partial charge in [0.15, 0.2) is 0 Å². The predicted molar refractivity (Wildman–Crippen MR) is 47.8 cm³/mol. The molecule has 0 atom stereocenters. The molecule has 0 aromatic carbocycles. The van der Waals surface area contributed by atoms with Crippen molar-refractivity contribution in [2.45, 2.75) is 0 Å². The Kier molecular flexibility index (Phi) is 4.47. The van der Waals surface area contributed by atoms with Crippen molar-refractivity contribution in [2.24, 2.45) is 5.73 Å². The summed E-state index contributed by atoms with van der Waals surface area (Å²) in [5, 5.41) is 15.6. The summed E-state index contributed by atoms with van der Waals surface area (Å²) < 4.78 is 0. The van der Waals surface area contributed by atoms with Crippen LogP contribution in [0.4, 0.5) is 10.6 Å². The number of carboxylic acids is 1. The van der Waals surface area contributed by atoms with E-state index < -0.39 is 12.1 Å². The number of aromatic carboxylic acids is 1. The van der Waals surface area contributed by atoms with Gasteiger partial charge in [0.05, 0.1) is 5.56 Å². The van der Waals surface area contributed by atoms with Crippen molar-refractivity contribution in [1.29, 1.82) is 0 Å². The number of nitrogens with two attached hydrogens (primary N) is 2. The van der Waals surface area contributed by atoms with Gasteiger partial charge in [-0.2, -0.15) is 0 Å². The Morgan fingerprint density at radius 1 is 1.29 bits per heavy atom. The minimum absolute atomic E-state index is 0.147. The number of primary amides is 1. The van der Waals surface area contributed by atoms with Crippen LogP contribution in [0.15, 0.2) is 18.3 Å². The Balaban J connectivity index is 0.000000364. The Morgan fingerprint density at radius 2 is 1.79 bits per heavy atom. The topological polar surface area (TPSA) is 140 Å². The van der Waals surface area contributed by atoms with Crippen LogP contribution in [-0.4, -0.2) is 27.3 Å². The maximum atomic E-state index is 10.2. The van der Waals surface area contributed by atoms with Crippen LogP contribution in [0.5, 0.6) is 0 Å². The normalized spacial score (nSPS) is 8.29. The molecule has 0 saturated heterocycles. The molecule has 1 heterocycles. The lowest BCUT2D eigenvalue weighted by Gasteiger charge is -1.92. The SMILES string of the molecule is NC(=O)O.Nc1ccc(C(=O)O)cn1. The number of amides is 1. The molecule has 7 nitrogen and oxygen atoms in total. The van der Waals surface area contributed by atoms with Gasteiger partial charge in [0.1, 0.15) is 5.82 Å². The van der Waals surface area contributed by atoms with E-state index in [1.807, 2.05) is 0 Å². The summed E-state index contributed by atoms with van der Waals surface area (Å²) in [6.07, 6.45) is -0.113.